The average molecular weight is 274 g/mol. The van der Waals surface area contributed by atoms with E-state index in [-0.39, 0.29) is 0 Å². The van der Waals surface area contributed by atoms with Gasteiger partial charge in [-0.25, -0.2) is 0 Å². The first kappa shape index (κ1) is 13.9. The fourth-order valence-electron chi connectivity index (χ4n) is 3.58. The lowest BCUT2D eigenvalue weighted by atomic mass is 9.89. The first-order valence-electron chi connectivity index (χ1n) is 7.77. The molecule has 2 aliphatic heterocycles. The van der Waals surface area contributed by atoms with Crippen LogP contribution in [-0.2, 0) is 12.8 Å². The molecule has 1 fully saturated rings. The topological polar surface area (TPSA) is 24.5 Å². The van der Waals surface area contributed by atoms with Gasteiger partial charge in [-0.05, 0) is 54.5 Å². The van der Waals surface area contributed by atoms with E-state index in [4.69, 9.17) is 4.74 Å². The quantitative estimate of drug-likeness (QED) is 0.913. The number of benzene rings is 1. The molecule has 110 valence electrons. The summed E-state index contributed by atoms with van der Waals surface area (Å²) in [6, 6.07) is 6.56. The highest BCUT2D eigenvalue weighted by atomic mass is 16.5. The van der Waals surface area contributed by atoms with E-state index >= 15 is 0 Å². The zero-order valence-corrected chi connectivity index (χ0v) is 12.7. The van der Waals surface area contributed by atoms with Crippen molar-refractivity contribution in [2.24, 2.45) is 5.41 Å². The van der Waals surface area contributed by atoms with Gasteiger partial charge in [0.25, 0.3) is 0 Å². The van der Waals surface area contributed by atoms with Gasteiger partial charge in [0, 0.05) is 26.2 Å². The normalized spacial score (nSPS) is 27.1. The van der Waals surface area contributed by atoms with Gasteiger partial charge >= 0.3 is 0 Å². The highest BCUT2D eigenvalue weighted by Gasteiger charge is 2.31. The van der Waals surface area contributed by atoms with Crippen molar-refractivity contribution in [2.45, 2.75) is 26.2 Å². The van der Waals surface area contributed by atoms with Crippen molar-refractivity contribution in [1.82, 2.24) is 10.2 Å². The Balaban J connectivity index is 1.66. The molecule has 1 aromatic carbocycles. The van der Waals surface area contributed by atoms with E-state index in [0.29, 0.717) is 5.41 Å². The molecule has 1 saturated heterocycles. The van der Waals surface area contributed by atoms with Crippen LogP contribution in [0, 0.1) is 5.41 Å². The summed E-state index contributed by atoms with van der Waals surface area (Å²) >= 11 is 0. The van der Waals surface area contributed by atoms with Crippen LogP contribution in [0.5, 0.6) is 5.75 Å². The SMILES string of the molecule is COc1ccc2c(c1)CCN(CC1(C)CCNC1)CC2. The molecule has 3 heteroatoms. The second-order valence-corrected chi connectivity index (χ2v) is 6.65. The summed E-state index contributed by atoms with van der Waals surface area (Å²) in [6.07, 6.45) is 3.63. The van der Waals surface area contributed by atoms with Gasteiger partial charge in [0.1, 0.15) is 5.75 Å². The lowest BCUT2D eigenvalue weighted by Gasteiger charge is -2.31. The molecule has 1 unspecified atom stereocenters. The van der Waals surface area contributed by atoms with Gasteiger partial charge in [0.05, 0.1) is 7.11 Å². The smallest absolute Gasteiger partial charge is 0.119 e. The van der Waals surface area contributed by atoms with Gasteiger partial charge in [-0.3, -0.25) is 0 Å². The van der Waals surface area contributed by atoms with E-state index in [1.807, 2.05) is 0 Å². The molecule has 1 N–H and O–H groups in total. The van der Waals surface area contributed by atoms with E-state index < -0.39 is 0 Å². The van der Waals surface area contributed by atoms with Gasteiger partial charge in [-0.1, -0.05) is 13.0 Å². The van der Waals surface area contributed by atoms with Gasteiger partial charge in [0.2, 0.25) is 0 Å². The van der Waals surface area contributed by atoms with Crippen molar-refractivity contribution in [3.05, 3.63) is 29.3 Å². The standard InChI is InChI=1S/C17H26N2O/c1-17(7-8-18-12-17)13-19-9-5-14-3-4-16(20-2)11-15(14)6-10-19/h3-4,11,18H,5-10,12-13H2,1-2H3. The summed E-state index contributed by atoms with van der Waals surface area (Å²) < 4.78 is 5.35. The molecule has 1 atom stereocenters. The maximum Gasteiger partial charge on any atom is 0.119 e. The third kappa shape index (κ3) is 2.99. The highest BCUT2D eigenvalue weighted by Crippen LogP contribution is 2.27. The highest BCUT2D eigenvalue weighted by molar-refractivity contribution is 5.36. The number of hydrogen-bond donors (Lipinski definition) is 1. The molecule has 0 aliphatic carbocycles. The summed E-state index contributed by atoms with van der Waals surface area (Å²) in [7, 11) is 1.75. The number of fused-ring (bicyclic) bond motifs is 1. The Morgan fingerprint density at radius 3 is 2.75 bits per heavy atom. The van der Waals surface area contributed by atoms with Crippen LogP contribution in [-0.4, -0.2) is 44.7 Å². The fraction of sp³-hybridized carbons (Fsp3) is 0.647. The monoisotopic (exact) mass is 274 g/mol. The third-order valence-electron chi connectivity index (χ3n) is 4.87. The predicted octanol–water partition coefficient (Wildman–Crippen LogP) is 2.10. The van der Waals surface area contributed by atoms with E-state index in [9.17, 15) is 0 Å². The third-order valence-corrected chi connectivity index (χ3v) is 4.87. The van der Waals surface area contributed by atoms with Gasteiger partial charge in [-0.2, -0.15) is 0 Å². The number of nitrogens with zero attached hydrogens (tertiary/aromatic N) is 1. The Kier molecular flexibility index (Phi) is 3.99. The maximum atomic E-state index is 5.35. The van der Waals surface area contributed by atoms with Crippen molar-refractivity contribution >= 4 is 0 Å². The molecule has 3 nitrogen and oxygen atoms in total. The zero-order valence-electron chi connectivity index (χ0n) is 12.7. The Bertz CT molecular complexity index is 466. The number of nitrogens with one attached hydrogen (secondary N) is 1. The second-order valence-electron chi connectivity index (χ2n) is 6.65. The Hall–Kier alpha value is -1.06. The number of ether oxygens (including phenoxy) is 1. The van der Waals surface area contributed by atoms with Crippen LogP contribution in [0.4, 0.5) is 0 Å². The average Bonchev–Trinajstić information content (AvgIpc) is 2.78. The second kappa shape index (κ2) is 5.74. The minimum absolute atomic E-state index is 0.466. The molecular weight excluding hydrogens is 248 g/mol. The van der Waals surface area contributed by atoms with Crippen molar-refractivity contribution in [2.75, 3.05) is 39.8 Å². The minimum atomic E-state index is 0.466. The first-order valence-corrected chi connectivity index (χ1v) is 7.77. The van der Waals surface area contributed by atoms with Crippen molar-refractivity contribution in [3.63, 3.8) is 0 Å². The molecule has 0 radical (unpaired) electrons. The van der Waals surface area contributed by atoms with Crippen LogP contribution in [0.15, 0.2) is 18.2 Å². The molecule has 2 heterocycles. The lowest BCUT2D eigenvalue weighted by molar-refractivity contribution is 0.184. The Morgan fingerprint density at radius 1 is 1.25 bits per heavy atom. The molecular formula is C17H26N2O. The van der Waals surface area contributed by atoms with Gasteiger partial charge in [-0.15, -0.1) is 0 Å². The van der Waals surface area contributed by atoms with Crippen molar-refractivity contribution < 1.29 is 4.74 Å². The van der Waals surface area contributed by atoms with E-state index in [0.717, 1.165) is 12.2 Å². The molecule has 0 saturated carbocycles. The molecule has 20 heavy (non-hydrogen) atoms. The fourth-order valence-corrected chi connectivity index (χ4v) is 3.58. The number of rotatable bonds is 3. The van der Waals surface area contributed by atoms with Crippen LogP contribution in [0.25, 0.3) is 0 Å². The largest absolute Gasteiger partial charge is 0.497 e. The van der Waals surface area contributed by atoms with Crippen LogP contribution in [0.1, 0.15) is 24.5 Å². The van der Waals surface area contributed by atoms with E-state index in [1.54, 1.807) is 7.11 Å². The lowest BCUT2D eigenvalue weighted by Crippen LogP contribution is -2.38. The van der Waals surface area contributed by atoms with E-state index in [1.165, 1.54) is 56.7 Å². The molecule has 0 aromatic heterocycles. The minimum Gasteiger partial charge on any atom is -0.497 e. The van der Waals surface area contributed by atoms with Crippen LogP contribution >= 0.6 is 0 Å². The molecule has 1 aromatic rings. The Morgan fingerprint density at radius 2 is 2.05 bits per heavy atom. The number of methoxy groups -OCH3 is 1. The molecule has 0 spiro atoms. The van der Waals surface area contributed by atoms with Crippen LogP contribution in [0.3, 0.4) is 0 Å². The van der Waals surface area contributed by atoms with Crippen molar-refractivity contribution in [1.29, 1.82) is 0 Å². The number of hydrogen-bond acceptors (Lipinski definition) is 3. The van der Waals surface area contributed by atoms with Crippen molar-refractivity contribution in [3.8, 4) is 5.75 Å². The van der Waals surface area contributed by atoms with Gasteiger partial charge < -0.3 is 15.0 Å². The van der Waals surface area contributed by atoms with E-state index in [2.05, 4.69) is 35.3 Å². The molecule has 3 rings (SSSR count). The molecule has 0 bridgehead atoms. The zero-order chi connectivity index (χ0) is 14.0. The summed E-state index contributed by atoms with van der Waals surface area (Å²) in [5.41, 5.74) is 3.44. The summed E-state index contributed by atoms with van der Waals surface area (Å²) in [4.78, 5) is 2.65. The molecule has 2 aliphatic rings. The van der Waals surface area contributed by atoms with Crippen LogP contribution < -0.4 is 10.1 Å². The Labute approximate surface area is 122 Å². The summed E-state index contributed by atoms with van der Waals surface area (Å²) in [5, 5.41) is 3.51. The molecule has 0 amide bonds. The predicted molar refractivity (Wildman–Crippen MR) is 82.4 cm³/mol. The van der Waals surface area contributed by atoms with Gasteiger partial charge in [0.15, 0.2) is 0 Å². The first-order chi connectivity index (χ1) is 9.68. The maximum absolute atomic E-state index is 5.35. The van der Waals surface area contributed by atoms with Crippen LogP contribution in [0.2, 0.25) is 0 Å². The summed E-state index contributed by atoms with van der Waals surface area (Å²) in [5.74, 6) is 0.990. The summed E-state index contributed by atoms with van der Waals surface area (Å²) in [6.45, 7) is 8.37.